The summed E-state index contributed by atoms with van der Waals surface area (Å²) in [5.74, 6) is 1.58. The van der Waals surface area contributed by atoms with Crippen LogP contribution in [0.15, 0.2) is 25.0 Å². The Morgan fingerprint density at radius 2 is 2.33 bits per heavy atom. The molecule has 0 spiro atoms. The van der Waals surface area contributed by atoms with E-state index in [0.29, 0.717) is 0 Å². The van der Waals surface area contributed by atoms with Crippen molar-refractivity contribution in [3.05, 3.63) is 30.9 Å². The molecule has 78 valence electrons. The molecule has 0 bridgehead atoms. The Morgan fingerprint density at radius 3 is 3.07 bits per heavy atom. The summed E-state index contributed by atoms with van der Waals surface area (Å²) in [7, 11) is 0. The molecule has 0 saturated heterocycles. The van der Waals surface area contributed by atoms with Crippen LogP contribution in [-0.4, -0.2) is 25.6 Å². The first-order chi connectivity index (χ1) is 7.22. The molecule has 0 radical (unpaired) electrons. The van der Waals surface area contributed by atoms with E-state index in [9.17, 15) is 0 Å². The third-order valence-electron chi connectivity index (χ3n) is 2.22. The Kier molecular flexibility index (Phi) is 2.37. The summed E-state index contributed by atoms with van der Waals surface area (Å²) in [5, 5.41) is 11.3. The molecule has 1 unspecified atom stereocenters. The summed E-state index contributed by atoms with van der Waals surface area (Å²) >= 11 is 0. The molecule has 2 rings (SSSR count). The Hall–Kier alpha value is -1.91. The molecule has 0 saturated carbocycles. The minimum absolute atomic E-state index is 0.153. The second-order valence-electron chi connectivity index (χ2n) is 3.39. The number of aryl methyl sites for hydroxylation is 1. The zero-order valence-electron chi connectivity index (χ0n) is 8.81. The van der Waals surface area contributed by atoms with Gasteiger partial charge in [0, 0.05) is 18.4 Å². The van der Waals surface area contributed by atoms with E-state index in [1.165, 1.54) is 0 Å². The van der Waals surface area contributed by atoms with E-state index in [0.717, 1.165) is 17.3 Å². The molecular formula is C10H13N5. The number of hydrogen-bond donors (Lipinski definition) is 1. The molecule has 5 nitrogen and oxygen atoms in total. The minimum Gasteiger partial charge on any atom is -0.361 e. The topological polar surface area (TPSA) is 55.1 Å². The van der Waals surface area contributed by atoms with Gasteiger partial charge in [-0.1, -0.05) is 6.08 Å². The van der Waals surface area contributed by atoms with Gasteiger partial charge in [-0.3, -0.25) is 4.40 Å². The van der Waals surface area contributed by atoms with Gasteiger partial charge in [0.05, 0.1) is 0 Å². The molecular weight excluding hydrogens is 190 g/mol. The predicted octanol–water partition coefficient (Wildman–Crippen LogP) is 1.42. The molecule has 15 heavy (non-hydrogen) atoms. The highest BCUT2D eigenvalue weighted by Crippen LogP contribution is 2.12. The molecule has 0 fully saturated rings. The normalized spacial score (nSPS) is 12.7. The molecule has 0 aromatic carbocycles. The van der Waals surface area contributed by atoms with E-state index in [2.05, 4.69) is 27.1 Å². The largest absolute Gasteiger partial charge is 0.361 e. The first-order valence-electron chi connectivity index (χ1n) is 4.78. The van der Waals surface area contributed by atoms with Gasteiger partial charge in [-0.2, -0.15) is 0 Å². The van der Waals surface area contributed by atoms with Crippen molar-refractivity contribution in [1.82, 2.24) is 19.6 Å². The van der Waals surface area contributed by atoms with E-state index in [1.807, 2.05) is 30.5 Å². The third-order valence-corrected chi connectivity index (χ3v) is 2.22. The maximum absolute atomic E-state index is 4.23. The van der Waals surface area contributed by atoms with E-state index in [1.54, 1.807) is 6.20 Å². The van der Waals surface area contributed by atoms with E-state index in [4.69, 9.17) is 0 Å². The van der Waals surface area contributed by atoms with Crippen molar-refractivity contribution in [3.63, 3.8) is 0 Å². The molecule has 0 aliphatic carbocycles. The summed E-state index contributed by atoms with van der Waals surface area (Å²) in [6.07, 6.45) is 5.38. The highest BCUT2D eigenvalue weighted by atomic mass is 15.3. The lowest BCUT2D eigenvalue weighted by atomic mass is 10.3. The quantitative estimate of drug-likeness (QED) is 0.766. The van der Waals surface area contributed by atoms with Gasteiger partial charge in [0.2, 0.25) is 5.65 Å². The lowest BCUT2D eigenvalue weighted by Crippen LogP contribution is -2.13. The standard InChI is InChI=1S/C10H13N5/c1-4-7(2)12-9-10-14-13-8(3)15(10)6-5-11-9/h4-7H,1H2,2-3H3,(H,11,12). The van der Waals surface area contributed by atoms with Gasteiger partial charge in [-0.15, -0.1) is 16.8 Å². The van der Waals surface area contributed by atoms with Crippen molar-refractivity contribution >= 4 is 11.5 Å². The maximum atomic E-state index is 4.23. The van der Waals surface area contributed by atoms with Gasteiger partial charge < -0.3 is 5.32 Å². The molecule has 1 atom stereocenters. The number of nitrogens with one attached hydrogen (secondary N) is 1. The average Bonchev–Trinajstić information content (AvgIpc) is 2.62. The number of fused-ring (bicyclic) bond motifs is 1. The smallest absolute Gasteiger partial charge is 0.203 e. The Bertz CT molecular complexity index is 488. The fourth-order valence-electron chi connectivity index (χ4n) is 1.32. The summed E-state index contributed by atoms with van der Waals surface area (Å²) in [4.78, 5) is 4.23. The van der Waals surface area contributed by atoms with Crippen LogP contribution in [0, 0.1) is 6.92 Å². The van der Waals surface area contributed by atoms with Crippen molar-refractivity contribution in [2.75, 3.05) is 5.32 Å². The fraction of sp³-hybridized carbons (Fsp3) is 0.300. The van der Waals surface area contributed by atoms with Gasteiger partial charge in [0.15, 0.2) is 5.82 Å². The lowest BCUT2D eigenvalue weighted by Gasteiger charge is -2.09. The minimum atomic E-state index is 0.153. The Balaban J connectivity index is 2.47. The number of rotatable bonds is 3. The van der Waals surface area contributed by atoms with Crippen molar-refractivity contribution in [3.8, 4) is 0 Å². The van der Waals surface area contributed by atoms with E-state index < -0.39 is 0 Å². The van der Waals surface area contributed by atoms with Crippen LogP contribution in [0.3, 0.4) is 0 Å². The highest BCUT2D eigenvalue weighted by Gasteiger charge is 2.08. The van der Waals surface area contributed by atoms with Crippen LogP contribution in [0.4, 0.5) is 5.82 Å². The zero-order chi connectivity index (χ0) is 10.8. The molecule has 0 amide bonds. The molecule has 0 aliphatic rings. The van der Waals surface area contributed by atoms with Gasteiger partial charge in [-0.25, -0.2) is 4.98 Å². The zero-order valence-corrected chi connectivity index (χ0v) is 8.81. The van der Waals surface area contributed by atoms with Gasteiger partial charge in [0.25, 0.3) is 0 Å². The fourth-order valence-corrected chi connectivity index (χ4v) is 1.32. The highest BCUT2D eigenvalue weighted by molar-refractivity contribution is 5.62. The SMILES string of the molecule is C=CC(C)Nc1nccn2c(C)nnc12. The first-order valence-corrected chi connectivity index (χ1v) is 4.78. The number of aromatic nitrogens is 4. The Labute approximate surface area is 87.9 Å². The van der Waals surface area contributed by atoms with Crippen LogP contribution in [0.2, 0.25) is 0 Å². The van der Waals surface area contributed by atoms with Crippen molar-refractivity contribution in [2.45, 2.75) is 19.9 Å². The van der Waals surface area contributed by atoms with Crippen LogP contribution in [0.25, 0.3) is 5.65 Å². The molecule has 2 aromatic rings. The number of anilines is 1. The maximum Gasteiger partial charge on any atom is 0.203 e. The van der Waals surface area contributed by atoms with Crippen LogP contribution < -0.4 is 5.32 Å². The van der Waals surface area contributed by atoms with Crippen LogP contribution in [0.5, 0.6) is 0 Å². The second-order valence-corrected chi connectivity index (χ2v) is 3.39. The van der Waals surface area contributed by atoms with Crippen LogP contribution >= 0.6 is 0 Å². The van der Waals surface area contributed by atoms with E-state index in [-0.39, 0.29) is 6.04 Å². The summed E-state index contributed by atoms with van der Waals surface area (Å²) in [6, 6.07) is 0.153. The number of hydrogen-bond acceptors (Lipinski definition) is 4. The molecule has 5 heteroatoms. The van der Waals surface area contributed by atoms with Crippen molar-refractivity contribution in [1.29, 1.82) is 0 Å². The third kappa shape index (κ3) is 1.68. The molecule has 0 aliphatic heterocycles. The summed E-state index contributed by atoms with van der Waals surface area (Å²) in [5.41, 5.74) is 0.740. The summed E-state index contributed by atoms with van der Waals surface area (Å²) < 4.78 is 1.89. The predicted molar refractivity (Wildman–Crippen MR) is 58.8 cm³/mol. The van der Waals surface area contributed by atoms with Crippen LogP contribution in [0.1, 0.15) is 12.7 Å². The van der Waals surface area contributed by atoms with Crippen molar-refractivity contribution < 1.29 is 0 Å². The molecule has 1 N–H and O–H groups in total. The average molecular weight is 203 g/mol. The van der Waals surface area contributed by atoms with Crippen LogP contribution in [-0.2, 0) is 0 Å². The molecule has 2 aromatic heterocycles. The monoisotopic (exact) mass is 203 g/mol. The van der Waals surface area contributed by atoms with Gasteiger partial charge in [-0.05, 0) is 13.8 Å². The Morgan fingerprint density at radius 1 is 1.53 bits per heavy atom. The van der Waals surface area contributed by atoms with Gasteiger partial charge >= 0.3 is 0 Å². The summed E-state index contributed by atoms with van der Waals surface area (Å²) in [6.45, 7) is 7.61. The van der Waals surface area contributed by atoms with Crippen molar-refractivity contribution in [2.24, 2.45) is 0 Å². The molecule has 2 heterocycles. The van der Waals surface area contributed by atoms with E-state index >= 15 is 0 Å². The first kappa shape index (κ1) is 9.64. The number of nitrogens with zero attached hydrogens (tertiary/aromatic N) is 4. The van der Waals surface area contributed by atoms with Gasteiger partial charge in [0.1, 0.15) is 5.82 Å². The second kappa shape index (κ2) is 3.68. The lowest BCUT2D eigenvalue weighted by molar-refractivity contribution is 0.970.